The number of ether oxygens (including phenoxy) is 1. The van der Waals surface area contributed by atoms with Crippen molar-refractivity contribution in [2.45, 2.75) is 57.4 Å². The molecule has 2 fully saturated rings. The van der Waals surface area contributed by atoms with Crippen LogP contribution in [0.25, 0.3) is 0 Å². The van der Waals surface area contributed by atoms with E-state index in [-0.39, 0.29) is 12.0 Å². The maximum absolute atomic E-state index is 9.74. The minimum atomic E-state index is -0.000690. The van der Waals surface area contributed by atoms with Gasteiger partial charge in [0, 0.05) is 24.6 Å². The molecule has 0 aromatic rings. The largest absolute Gasteiger partial charge is 0.396 e. The van der Waals surface area contributed by atoms with Crippen LogP contribution in [0.4, 0.5) is 0 Å². The number of aliphatic hydroxyl groups is 1. The molecule has 0 spiro atoms. The van der Waals surface area contributed by atoms with Crippen LogP contribution in [0.5, 0.6) is 0 Å². The van der Waals surface area contributed by atoms with E-state index in [1.807, 2.05) is 0 Å². The molecule has 1 saturated carbocycles. The third-order valence-electron chi connectivity index (χ3n) is 4.77. The Hall–Kier alpha value is -0.120. The summed E-state index contributed by atoms with van der Waals surface area (Å²) in [6, 6.07) is 0.720. The summed E-state index contributed by atoms with van der Waals surface area (Å²) in [7, 11) is 2.24. The normalized spacial score (nSPS) is 31.5. The summed E-state index contributed by atoms with van der Waals surface area (Å²) in [5.74, 6) is 0. The Balaban J connectivity index is 1.89. The highest BCUT2D eigenvalue weighted by Crippen LogP contribution is 2.31. The molecule has 1 heterocycles. The van der Waals surface area contributed by atoms with Crippen LogP contribution in [0, 0.1) is 5.41 Å². The molecule has 106 valence electrons. The maximum atomic E-state index is 9.74. The van der Waals surface area contributed by atoms with E-state index in [0.29, 0.717) is 0 Å². The van der Waals surface area contributed by atoms with Gasteiger partial charge >= 0.3 is 0 Å². The first kappa shape index (κ1) is 14.3. The summed E-state index contributed by atoms with van der Waals surface area (Å²) in [6.45, 7) is 2.87. The highest BCUT2D eigenvalue weighted by atomic mass is 16.5. The van der Waals surface area contributed by atoms with Gasteiger partial charge < -0.3 is 14.7 Å². The molecule has 18 heavy (non-hydrogen) atoms. The van der Waals surface area contributed by atoms with Crippen molar-refractivity contribution in [3.8, 4) is 0 Å². The number of hydrogen-bond acceptors (Lipinski definition) is 3. The van der Waals surface area contributed by atoms with E-state index in [2.05, 4.69) is 11.9 Å². The molecule has 0 aromatic heterocycles. The van der Waals surface area contributed by atoms with E-state index in [9.17, 15) is 5.11 Å². The fourth-order valence-corrected chi connectivity index (χ4v) is 3.57. The van der Waals surface area contributed by atoms with Crippen molar-refractivity contribution in [2.24, 2.45) is 5.41 Å². The van der Waals surface area contributed by atoms with Crippen molar-refractivity contribution in [2.75, 3.05) is 33.4 Å². The van der Waals surface area contributed by atoms with E-state index >= 15 is 0 Å². The van der Waals surface area contributed by atoms with Crippen LogP contribution in [0.1, 0.15) is 51.4 Å². The molecular weight excluding hydrogens is 226 g/mol. The predicted molar refractivity (Wildman–Crippen MR) is 73.7 cm³/mol. The van der Waals surface area contributed by atoms with Crippen molar-refractivity contribution in [3.05, 3.63) is 0 Å². The van der Waals surface area contributed by atoms with Crippen LogP contribution in [0.15, 0.2) is 0 Å². The molecule has 2 rings (SSSR count). The zero-order valence-corrected chi connectivity index (χ0v) is 11.9. The van der Waals surface area contributed by atoms with Gasteiger partial charge in [-0.1, -0.05) is 25.7 Å². The molecule has 2 aliphatic rings. The lowest BCUT2D eigenvalue weighted by atomic mass is 9.82. The van der Waals surface area contributed by atoms with Crippen molar-refractivity contribution in [3.63, 3.8) is 0 Å². The van der Waals surface area contributed by atoms with Crippen LogP contribution >= 0.6 is 0 Å². The van der Waals surface area contributed by atoms with Gasteiger partial charge in [-0.05, 0) is 32.7 Å². The summed E-state index contributed by atoms with van der Waals surface area (Å²) < 4.78 is 5.60. The van der Waals surface area contributed by atoms with Crippen molar-refractivity contribution in [1.82, 2.24) is 4.90 Å². The van der Waals surface area contributed by atoms with Gasteiger partial charge in [-0.15, -0.1) is 0 Å². The smallest absolute Gasteiger partial charge is 0.0556 e. The Kier molecular flexibility index (Phi) is 5.46. The third kappa shape index (κ3) is 3.69. The molecule has 1 aliphatic carbocycles. The van der Waals surface area contributed by atoms with Gasteiger partial charge in [0.2, 0.25) is 0 Å². The monoisotopic (exact) mass is 255 g/mol. The first-order valence-electron chi connectivity index (χ1n) is 7.65. The van der Waals surface area contributed by atoms with Crippen molar-refractivity contribution >= 4 is 0 Å². The molecule has 1 N–H and O–H groups in total. The Morgan fingerprint density at radius 2 is 1.89 bits per heavy atom. The molecule has 1 unspecified atom stereocenters. The minimum Gasteiger partial charge on any atom is -0.396 e. The zero-order chi connectivity index (χ0) is 12.8. The van der Waals surface area contributed by atoms with Gasteiger partial charge in [0.25, 0.3) is 0 Å². The topological polar surface area (TPSA) is 32.7 Å². The number of aliphatic hydroxyl groups excluding tert-OH is 1. The molecule has 3 heteroatoms. The maximum Gasteiger partial charge on any atom is 0.0556 e. The minimum absolute atomic E-state index is 0.000690. The van der Waals surface area contributed by atoms with Gasteiger partial charge in [-0.2, -0.15) is 0 Å². The van der Waals surface area contributed by atoms with Gasteiger partial charge in [-0.25, -0.2) is 0 Å². The molecule has 0 amide bonds. The average Bonchev–Trinajstić information content (AvgIpc) is 2.68. The van der Waals surface area contributed by atoms with Gasteiger partial charge in [-0.3, -0.25) is 0 Å². The van der Waals surface area contributed by atoms with Crippen LogP contribution < -0.4 is 0 Å². The predicted octanol–water partition coefficient (Wildman–Crippen LogP) is 2.43. The van der Waals surface area contributed by atoms with Crippen LogP contribution in [0.3, 0.4) is 0 Å². The Labute approximate surface area is 112 Å². The molecule has 1 saturated heterocycles. The fraction of sp³-hybridized carbons (Fsp3) is 1.00. The first-order valence-corrected chi connectivity index (χ1v) is 7.65. The van der Waals surface area contributed by atoms with Crippen LogP contribution in [-0.4, -0.2) is 49.5 Å². The summed E-state index contributed by atoms with van der Waals surface area (Å²) in [5.41, 5.74) is -0.000690. The second-order valence-electron chi connectivity index (χ2n) is 6.37. The lowest BCUT2D eigenvalue weighted by molar-refractivity contribution is -0.0577. The average molecular weight is 255 g/mol. The molecule has 1 aliphatic heterocycles. The van der Waals surface area contributed by atoms with E-state index in [0.717, 1.165) is 38.6 Å². The first-order chi connectivity index (χ1) is 8.76. The third-order valence-corrected chi connectivity index (χ3v) is 4.77. The molecular formula is C15H29NO2. The highest BCUT2D eigenvalue weighted by molar-refractivity contribution is 4.86. The van der Waals surface area contributed by atoms with E-state index in [1.54, 1.807) is 0 Å². The Morgan fingerprint density at radius 3 is 2.44 bits per heavy atom. The molecule has 3 nitrogen and oxygen atoms in total. The number of hydrogen-bond donors (Lipinski definition) is 1. The Morgan fingerprint density at radius 1 is 1.17 bits per heavy atom. The standard InChI is InChI=1S/C15H29NO2/c1-16(14-7-4-2-3-5-8-14)11-15(12-17)9-6-10-18-13-15/h14,17H,2-13H2,1H3. The quantitative estimate of drug-likeness (QED) is 0.783. The van der Waals surface area contributed by atoms with Gasteiger partial charge in [0.15, 0.2) is 0 Å². The lowest BCUT2D eigenvalue weighted by Crippen LogP contribution is -2.47. The van der Waals surface area contributed by atoms with Crippen LogP contribution in [-0.2, 0) is 4.74 Å². The van der Waals surface area contributed by atoms with E-state index in [4.69, 9.17) is 4.74 Å². The Bertz CT molecular complexity index is 231. The van der Waals surface area contributed by atoms with Gasteiger partial charge in [0.1, 0.15) is 0 Å². The second-order valence-corrected chi connectivity index (χ2v) is 6.37. The summed E-state index contributed by atoms with van der Waals surface area (Å²) >= 11 is 0. The van der Waals surface area contributed by atoms with E-state index < -0.39 is 0 Å². The summed E-state index contributed by atoms with van der Waals surface area (Å²) in [6.07, 6.45) is 10.4. The van der Waals surface area contributed by atoms with Crippen molar-refractivity contribution in [1.29, 1.82) is 0 Å². The summed E-state index contributed by atoms with van der Waals surface area (Å²) in [5, 5.41) is 9.74. The van der Waals surface area contributed by atoms with E-state index in [1.165, 1.54) is 38.5 Å². The van der Waals surface area contributed by atoms with Crippen LogP contribution in [0.2, 0.25) is 0 Å². The fourth-order valence-electron chi connectivity index (χ4n) is 3.57. The number of nitrogens with zero attached hydrogens (tertiary/aromatic N) is 1. The highest BCUT2D eigenvalue weighted by Gasteiger charge is 2.35. The zero-order valence-electron chi connectivity index (χ0n) is 11.9. The molecule has 0 aromatic carbocycles. The molecule has 1 atom stereocenters. The number of rotatable bonds is 4. The molecule has 0 bridgehead atoms. The second kappa shape index (κ2) is 6.88. The van der Waals surface area contributed by atoms with Crippen molar-refractivity contribution < 1.29 is 9.84 Å². The molecule has 0 radical (unpaired) electrons. The lowest BCUT2D eigenvalue weighted by Gasteiger charge is -2.40. The summed E-state index contributed by atoms with van der Waals surface area (Å²) in [4.78, 5) is 2.50. The SMILES string of the molecule is CN(CC1(CO)CCCOC1)C1CCCCCC1. The van der Waals surface area contributed by atoms with Gasteiger partial charge in [0.05, 0.1) is 13.2 Å².